The van der Waals surface area contributed by atoms with Crippen LogP contribution in [0.4, 0.5) is 0 Å². The van der Waals surface area contributed by atoms with E-state index in [1.54, 1.807) is 11.8 Å². The van der Waals surface area contributed by atoms with E-state index in [9.17, 15) is 4.79 Å². The Morgan fingerprint density at radius 2 is 1.65 bits per heavy atom. The Hall–Kier alpha value is -1.54. The van der Waals surface area contributed by atoms with Gasteiger partial charge in [-0.25, -0.2) is 0 Å². The first-order valence-corrected chi connectivity index (χ1v) is 7.80. The number of thioether (sulfide) groups is 1. The minimum atomic E-state index is 0.277. The molecule has 0 unspecified atom stereocenters. The van der Waals surface area contributed by atoms with E-state index in [0.717, 1.165) is 10.5 Å². The van der Waals surface area contributed by atoms with Crippen LogP contribution in [0.3, 0.4) is 0 Å². The van der Waals surface area contributed by atoms with Gasteiger partial charge in [-0.3, -0.25) is 4.79 Å². The molecule has 0 bridgehead atoms. The highest BCUT2D eigenvalue weighted by Gasteiger charge is 2.06. The van der Waals surface area contributed by atoms with E-state index >= 15 is 0 Å². The zero-order valence-corrected chi connectivity index (χ0v) is 13.1. The van der Waals surface area contributed by atoms with Crippen LogP contribution < -0.4 is 0 Å². The summed E-state index contributed by atoms with van der Waals surface area (Å²) >= 11 is 1.61. The molecule has 0 fully saturated rings. The van der Waals surface area contributed by atoms with E-state index in [2.05, 4.69) is 63.2 Å². The summed E-state index contributed by atoms with van der Waals surface area (Å²) in [6.45, 7) is 6.25. The quantitative estimate of drug-likeness (QED) is 0.751. The highest BCUT2D eigenvalue weighted by atomic mass is 32.2. The first-order valence-electron chi connectivity index (χ1n) is 6.82. The fourth-order valence-electron chi connectivity index (χ4n) is 1.99. The molecular weight excluding hydrogens is 264 g/mol. The predicted molar refractivity (Wildman–Crippen MR) is 86.5 cm³/mol. The van der Waals surface area contributed by atoms with Gasteiger partial charge in [0.25, 0.3) is 0 Å². The van der Waals surface area contributed by atoms with Crippen LogP contribution in [0, 0.1) is 20.8 Å². The summed E-state index contributed by atoms with van der Waals surface area (Å²) < 4.78 is 0. The molecule has 0 saturated carbocycles. The standard InChI is InChI=1S/C18H20OS/c1-13-4-8-18(9-5-13)20-12-17(19)11-16-7-6-14(2)15(3)10-16/h4-10H,11-12H2,1-3H3. The number of ketones is 1. The van der Waals surface area contributed by atoms with Gasteiger partial charge in [-0.15, -0.1) is 11.8 Å². The number of Topliss-reactive ketones (excluding diaryl/α,β-unsaturated/α-hetero) is 1. The third-order valence-corrected chi connectivity index (χ3v) is 4.47. The Morgan fingerprint density at radius 1 is 0.950 bits per heavy atom. The topological polar surface area (TPSA) is 17.1 Å². The summed E-state index contributed by atoms with van der Waals surface area (Å²) in [5.41, 5.74) is 4.88. The Morgan fingerprint density at radius 3 is 2.30 bits per heavy atom. The molecule has 0 radical (unpaired) electrons. The zero-order valence-electron chi connectivity index (χ0n) is 12.3. The van der Waals surface area contributed by atoms with Crippen molar-refractivity contribution >= 4 is 17.5 Å². The van der Waals surface area contributed by atoms with Gasteiger partial charge in [0.1, 0.15) is 5.78 Å². The highest BCUT2D eigenvalue weighted by molar-refractivity contribution is 8.00. The van der Waals surface area contributed by atoms with Gasteiger partial charge in [0.05, 0.1) is 5.75 Å². The lowest BCUT2D eigenvalue weighted by molar-refractivity contribution is -0.116. The van der Waals surface area contributed by atoms with E-state index in [4.69, 9.17) is 0 Å². The van der Waals surface area contributed by atoms with Gasteiger partial charge in [-0.2, -0.15) is 0 Å². The van der Waals surface area contributed by atoms with Crippen LogP contribution in [0.25, 0.3) is 0 Å². The van der Waals surface area contributed by atoms with Crippen LogP contribution in [0.5, 0.6) is 0 Å². The Kier molecular flexibility index (Phi) is 5.02. The normalized spacial score (nSPS) is 10.6. The molecule has 104 valence electrons. The molecular formula is C18H20OS. The number of rotatable bonds is 5. The van der Waals surface area contributed by atoms with Crippen molar-refractivity contribution in [3.8, 4) is 0 Å². The molecule has 0 saturated heterocycles. The fourth-order valence-corrected chi connectivity index (χ4v) is 2.75. The summed E-state index contributed by atoms with van der Waals surface area (Å²) in [4.78, 5) is 13.2. The molecule has 2 aromatic rings. The summed E-state index contributed by atoms with van der Waals surface area (Å²) in [6.07, 6.45) is 0.528. The molecule has 0 aliphatic heterocycles. The Bertz CT molecular complexity index is 599. The summed E-state index contributed by atoms with van der Waals surface area (Å²) in [7, 11) is 0. The predicted octanol–water partition coefficient (Wildman–Crippen LogP) is 4.52. The van der Waals surface area contributed by atoms with Crippen molar-refractivity contribution in [2.24, 2.45) is 0 Å². The van der Waals surface area contributed by atoms with Crippen molar-refractivity contribution in [3.05, 3.63) is 64.7 Å². The average molecular weight is 284 g/mol. The van der Waals surface area contributed by atoms with E-state index < -0.39 is 0 Å². The number of hydrogen-bond donors (Lipinski definition) is 0. The maximum Gasteiger partial charge on any atom is 0.147 e. The highest BCUT2D eigenvalue weighted by Crippen LogP contribution is 2.19. The van der Waals surface area contributed by atoms with Gasteiger partial charge in [0.15, 0.2) is 0 Å². The molecule has 0 atom stereocenters. The molecule has 0 heterocycles. The molecule has 2 aromatic carbocycles. The maximum atomic E-state index is 12.0. The molecule has 2 heteroatoms. The van der Waals surface area contributed by atoms with Crippen LogP contribution in [-0.4, -0.2) is 11.5 Å². The monoisotopic (exact) mass is 284 g/mol. The van der Waals surface area contributed by atoms with Crippen molar-refractivity contribution in [1.82, 2.24) is 0 Å². The largest absolute Gasteiger partial charge is 0.298 e. The van der Waals surface area contributed by atoms with Gasteiger partial charge in [-0.1, -0.05) is 35.9 Å². The smallest absolute Gasteiger partial charge is 0.147 e. The van der Waals surface area contributed by atoms with Crippen molar-refractivity contribution in [1.29, 1.82) is 0 Å². The molecule has 20 heavy (non-hydrogen) atoms. The summed E-state index contributed by atoms with van der Waals surface area (Å²) in [6, 6.07) is 14.6. The zero-order chi connectivity index (χ0) is 14.5. The van der Waals surface area contributed by atoms with Crippen LogP contribution in [0.2, 0.25) is 0 Å². The molecule has 0 aliphatic carbocycles. The van der Waals surface area contributed by atoms with Crippen LogP contribution in [0.15, 0.2) is 47.4 Å². The lowest BCUT2D eigenvalue weighted by Crippen LogP contribution is -2.06. The first-order chi connectivity index (χ1) is 9.54. The maximum absolute atomic E-state index is 12.0. The molecule has 0 aromatic heterocycles. The minimum absolute atomic E-state index is 0.277. The second-order valence-corrected chi connectivity index (χ2v) is 6.28. The second-order valence-electron chi connectivity index (χ2n) is 5.24. The van der Waals surface area contributed by atoms with Gasteiger partial charge < -0.3 is 0 Å². The average Bonchev–Trinajstić information content (AvgIpc) is 2.42. The van der Waals surface area contributed by atoms with E-state index in [1.807, 2.05) is 0 Å². The lowest BCUT2D eigenvalue weighted by atomic mass is 10.0. The lowest BCUT2D eigenvalue weighted by Gasteiger charge is -2.05. The van der Waals surface area contributed by atoms with E-state index in [-0.39, 0.29) is 5.78 Å². The minimum Gasteiger partial charge on any atom is -0.298 e. The second kappa shape index (κ2) is 6.76. The van der Waals surface area contributed by atoms with Crippen LogP contribution in [0.1, 0.15) is 22.3 Å². The van der Waals surface area contributed by atoms with Crippen LogP contribution in [-0.2, 0) is 11.2 Å². The fraction of sp³-hybridized carbons (Fsp3) is 0.278. The van der Waals surface area contributed by atoms with Crippen molar-refractivity contribution < 1.29 is 4.79 Å². The number of aryl methyl sites for hydroxylation is 3. The molecule has 0 amide bonds. The van der Waals surface area contributed by atoms with Gasteiger partial charge in [-0.05, 0) is 49.6 Å². The first kappa shape index (κ1) is 14.9. The number of hydrogen-bond acceptors (Lipinski definition) is 2. The Labute approximate surface area is 125 Å². The van der Waals surface area contributed by atoms with Crippen molar-refractivity contribution in [2.75, 3.05) is 5.75 Å². The van der Waals surface area contributed by atoms with Gasteiger partial charge in [0.2, 0.25) is 0 Å². The third kappa shape index (κ3) is 4.24. The molecule has 0 aliphatic rings. The number of benzene rings is 2. The van der Waals surface area contributed by atoms with Gasteiger partial charge >= 0.3 is 0 Å². The van der Waals surface area contributed by atoms with Crippen molar-refractivity contribution in [3.63, 3.8) is 0 Å². The SMILES string of the molecule is Cc1ccc(SCC(=O)Cc2ccc(C)c(C)c2)cc1. The van der Waals surface area contributed by atoms with Gasteiger partial charge in [0, 0.05) is 11.3 Å². The summed E-state index contributed by atoms with van der Waals surface area (Å²) in [5.74, 6) is 0.814. The number of carbonyl (C=O) groups is 1. The van der Waals surface area contributed by atoms with Crippen molar-refractivity contribution in [2.45, 2.75) is 32.1 Å². The summed E-state index contributed by atoms with van der Waals surface area (Å²) in [5, 5.41) is 0. The van der Waals surface area contributed by atoms with E-state index in [1.165, 1.54) is 16.7 Å². The molecule has 0 spiro atoms. The Balaban J connectivity index is 1.89. The van der Waals surface area contributed by atoms with E-state index in [0.29, 0.717) is 12.2 Å². The number of carbonyl (C=O) groups excluding carboxylic acids is 1. The third-order valence-electron chi connectivity index (χ3n) is 3.39. The molecule has 0 N–H and O–H groups in total. The van der Waals surface area contributed by atoms with Crippen LogP contribution >= 0.6 is 11.8 Å². The molecule has 2 rings (SSSR count). The molecule has 1 nitrogen and oxygen atoms in total.